The van der Waals surface area contributed by atoms with E-state index < -0.39 is 11.9 Å². The number of hydrogen-bond donors (Lipinski definition) is 1. The fourth-order valence-corrected chi connectivity index (χ4v) is 5.46. The molecule has 206 valence electrons. The smallest absolute Gasteiger partial charge is 0.344 e. The zero-order chi connectivity index (χ0) is 28.8. The number of halogens is 3. The predicted molar refractivity (Wildman–Crippen MR) is 156 cm³/mol. The first-order valence-corrected chi connectivity index (χ1v) is 13.8. The molecule has 0 fully saturated rings. The van der Waals surface area contributed by atoms with Crippen molar-refractivity contribution in [1.29, 1.82) is 0 Å². The summed E-state index contributed by atoms with van der Waals surface area (Å²) in [7, 11) is 1.46. The number of methoxy groups -OCH3 is 1. The number of nitrogens with zero attached hydrogens (tertiary/aromatic N) is 1. The Morgan fingerprint density at radius 3 is 2.58 bits per heavy atom. The molecule has 11 heteroatoms. The molecule has 0 saturated heterocycles. The molecule has 1 amide bonds. The van der Waals surface area contributed by atoms with E-state index in [9.17, 15) is 19.1 Å². The number of carbonyl (C=O) groups is 2. The van der Waals surface area contributed by atoms with Gasteiger partial charge in [-0.3, -0.25) is 4.79 Å². The lowest BCUT2D eigenvalue weighted by Gasteiger charge is -2.14. The summed E-state index contributed by atoms with van der Waals surface area (Å²) in [6.07, 6.45) is 1.59. The predicted octanol–water partition coefficient (Wildman–Crippen LogP) is 7.53. The maximum atomic E-state index is 14.0. The summed E-state index contributed by atoms with van der Waals surface area (Å²) >= 11 is 10.5. The maximum absolute atomic E-state index is 14.0. The van der Waals surface area contributed by atoms with Crippen LogP contribution in [0.15, 0.2) is 86.4 Å². The van der Waals surface area contributed by atoms with Crippen molar-refractivity contribution < 1.29 is 33.3 Å². The van der Waals surface area contributed by atoms with Crippen LogP contribution < -0.4 is 9.47 Å². The fourth-order valence-electron chi connectivity index (χ4n) is 3.66. The number of ether oxygens (including phenoxy) is 3. The zero-order valence-electron chi connectivity index (χ0n) is 21.2. The molecule has 4 rings (SSSR count). The summed E-state index contributed by atoms with van der Waals surface area (Å²) in [5, 5.41) is 11.1. The normalized spacial score (nSPS) is 15.0. The zero-order valence-corrected chi connectivity index (χ0v) is 24.4. The molecule has 1 aliphatic rings. The summed E-state index contributed by atoms with van der Waals surface area (Å²) in [6.45, 7) is 1.66. The summed E-state index contributed by atoms with van der Waals surface area (Å²) in [4.78, 5) is 29.9. The Kier molecular flexibility index (Phi) is 9.67. The molecule has 1 N–H and O–H groups in total. The lowest BCUT2D eigenvalue weighted by Crippen LogP contribution is -2.14. The first kappa shape index (κ1) is 29.4. The highest BCUT2D eigenvalue weighted by atomic mass is 79.9. The SMILES string of the molecule is CCOC(=O)C1=C(O)/C(=C/c2cc(Br)c(OCc3ccccc3F)c(OC)c2)SC1=NC(=O)c1ccccc1Cl. The van der Waals surface area contributed by atoms with Crippen LogP contribution in [0.2, 0.25) is 5.02 Å². The second kappa shape index (κ2) is 13.2. The van der Waals surface area contributed by atoms with E-state index in [1.807, 2.05) is 0 Å². The fraction of sp³-hybridized carbons (Fsp3) is 0.138. The van der Waals surface area contributed by atoms with Gasteiger partial charge in [-0.05, 0) is 64.8 Å². The molecular weight excluding hydrogens is 625 g/mol. The highest BCUT2D eigenvalue weighted by Crippen LogP contribution is 2.42. The standard InChI is InChI=1S/C29H22BrClFNO6S/c1-3-38-29(36)24-25(34)23(40-28(24)33-27(35)18-9-5-6-10-20(18)31)14-16-12-19(30)26(22(13-16)37-2)39-15-17-8-4-7-11-21(17)32/h4-14,34H,3,15H2,1-2H3/b23-14-,33-28?. The van der Waals surface area contributed by atoms with E-state index in [0.717, 1.165) is 11.8 Å². The Bertz CT molecular complexity index is 1570. The first-order chi connectivity index (χ1) is 19.2. The Labute approximate surface area is 247 Å². The van der Waals surface area contributed by atoms with Gasteiger partial charge in [-0.15, -0.1) is 0 Å². The van der Waals surface area contributed by atoms with Gasteiger partial charge in [0.25, 0.3) is 5.91 Å². The van der Waals surface area contributed by atoms with Crippen molar-refractivity contribution in [2.75, 3.05) is 13.7 Å². The number of carbonyl (C=O) groups excluding carboxylic acids is 2. The van der Waals surface area contributed by atoms with Crippen LogP contribution in [0.5, 0.6) is 11.5 Å². The van der Waals surface area contributed by atoms with Crippen LogP contribution in [0.3, 0.4) is 0 Å². The summed E-state index contributed by atoms with van der Waals surface area (Å²) in [6, 6.07) is 16.0. The highest BCUT2D eigenvalue weighted by Gasteiger charge is 2.34. The van der Waals surface area contributed by atoms with E-state index in [1.54, 1.807) is 61.5 Å². The highest BCUT2D eigenvalue weighted by molar-refractivity contribution is 9.10. The van der Waals surface area contributed by atoms with Gasteiger partial charge in [0.05, 0.1) is 33.7 Å². The number of aliphatic hydroxyl groups is 1. The van der Waals surface area contributed by atoms with Crippen molar-refractivity contribution in [3.63, 3.8) is 0 Å². The number of aliphatic hydroxyl groups excluding tert-OH is 1. The molecule has 0 spiro atoms. The van der Waals surface area contributed by atoms with E-state index in [-0.39, 0.29) is 50.9 Å². The molecule has 0 unspecified atom stereocenters. The lowest BCUT2D eigenvalue weighted by molar-refractivity contribution is -0.138. The van der Waals surface area contributed by atoms with Crippen LogP contribution >= 0.6 is 39.3 Å². The van der Waals surface area contributed by atoms with Crippen molar-refractivity contribution >= 4 is 62.3 Å². The Balaban J connectivity index is 1.67. The molecule has 0 atom stereocenters. The van der Waals surface area contributed by atoms with Gasteiger partial charge in [0.1, 0.15) is 28.8 Å². The van der Waals surface area contributed by atoms with Crippen LogP contribution in [0.25, 0.3) is 6.08 Å². The monoisotopic (exact) mass is 645 g/mol. The van der Waals surface area contributed by atoms with Gasteiger partial charge in [-0.2, -0.15) is 0 Å². The Morgan fingerprint density at radius 1 is 1.15 bits per heavy atom. The first-order valence-electron chi connectivity index (χ1n) is 11.8. The van der Waals surface area contributed by atoms with Gasteiger partial charge >= 0.3 is 5.97 Å². The number of benzene rings is 3. The topological polar surface area (TPSA) is 94.4 Å². The van der Waals surface area contributed by atoms with E-state index in [0.29, 0.717) is 27.1 Å². The van der Waals surface area contributed by atoms with Crippen molar-refractivity contribution in [1.82, 2.24) is 0 Å². The van der Waals surface area contributed by atoms with Crippen molar-refractivity contribution in [3.8, 4) is 11.5 Å². The average Bonchev–Trinajstić information content (AvgIpc) is 3.22. The number of esters is 1. The number of aliphatic imine (C=N–C) groups is 1. The average molecular weight is 647 g/mol. The molecule has 1 heterocycles. The van der Waals surface area contributed by atoms with E-state index in [2.05, 4.69) is 20.9 Å². The third kappa shape index (κ3) is 6.57. The van der Waals surface area contributed by atoms with Crippen LogP contribution in [-0.2, 0) is 16.1 Å². The van der Waals surface area contributed by atoms with Crippen molar-refractivity contribution in [2.24, 2.45) is 4.99 Å². The van der Waals surface area contributed by atoms with Crippen LogP contribution in [0, 0.1) is 5.82 Å². The maximum Gasteiger partial charge on any atom is 0.344 e. The van der Waals surface area contributed by atoms with Crippen LogP contribution in [-0.4, -0.2) is 35.7 Å². The molecule has 0 saturated carbocycles. The second-order valence-electron chi connectivity index (χ2n) is 8.17. The Hall–Kier alpha value is -3.60. The van der Waals surface area contributed by atoms with Crippen molar-refractivity contribution in [2.45, 2.75) is 13.5 Å². The molecule has 0 aromatic heterocycles. The summed E-state index contributed by atoms with van der Waals surface area (Å²) < 4.78 is 31.0. The molecule has 1 aliphatic heterocycles. The molecule has 7 nitrogen and oxygen atoms in total. The summed E-state index contributed by atoms with van der Waals surface area (Å²) in [5.74, 6) is -1.57. The minimum Gasteiger partial charge on any atom is -0.506 e. The van der Waals surface area contributed by atoms with Gasteiger partial charge in [0.2, 0.25) is 0 Å². The lowest BCUT2D eigenvalue weighted by atomic mass is 10.1. The van der Waals surface area contributed by atoms with Crippen LogP contribution in [0.4, 0.5) is 4.39 Å². The van der Waals surface area contributed by atoms with Crippen molar-refractivity contribution in [3.05, 3.63) is 109 Å². The number of hydrogen-bond acceptors (Lipinski definition) is 7. The molecule has 3 aromatic carbocycles. The molecule has 0 bridgehead atoms. The van der Waals surface area contributed by atoms with E-state index >= 15 is 0 Å². The minimum atomic E-state index is -0.822. The molecule has 3 aromatic rings. The molecular formula is C29H22BrClFNO6S. The van der Waals surface area contributed by atoms with E-state index in [4.69, 9.17) is 25.8 Å². The molecule has 0 aliphatic carbocycles. The summed E-state index contributed by atoms with van der Waals surface area (Å²) in [5.41, 5.74) is 0.869. The largest absolute Gasteiger partial charge is 0.506 e. The van der Waals surface area contributed by atoms with Gasteiger partial charge in [0.15, 0.2) is 11.5 Å². The Morgan fingerprint density at radius 2 is 1.88 bits per heavy atom. The van der Waals surface area contributed by atoms with Gasteiger partial charge in [0, 0.05) is 5.56 Å². The minimum absolute atomic E-state index is 0.0242. The number of thioether (sulfide) groups is 1. The number of rotatable bonds is 8. The third-order valence-corrected chi connectivity index (χ3v) is 7.50. The van der Waals surface area contributed by atoms with Gasteiger partial charge in [-0.25, -0.2) is 14.2 Å². The third-order valence-electron chi connectivity index (χ3n) is 5.56. The second-order valence-corrected chi connectivity index (χ2v) is 10.5. The molecule has 40 heavy (non-hydrogen) atoms. The molecule has 0 radical (unpaired) electrons. The van der Waals surface area contributed by atoms with Gasteiger partial charge < -0.3 is 19.3 Å². The van der Waals surface area contributed by atoms with E-state index in [1.165, 1.54) is 19.2 Å². The van der Waals surface area contributed by atoms with Gasteiger partial charge in [-0.1, -0.05) is 53.7 Å². The number of amides is 1. The quantitative estimate of drug-likeness (QED) is 0.253. The van der Waals surface area contributed by atoms with Crippen LogP contribution in [0.1, 0.15) is 28.4 Å².